The lowest BCUT2D eigenvalue weighted by molar-refractivity contribution is 0.100. The van der Waals surface area contributed by atoms with Crippen molar-refractivity contribution in [3.8, 4) is 0 Å². The molecule has 2 aliphatic rings. The van der Waals surface area contributed by atoms with Crippen LogP contribution in [-0.4, -0.2) is 20.4 Å². The monoisotopic (exact) mass is 484 g/mol. The highest BCUT2D eigenvalue weighted by Gasteiger charge is 2.33. The van der Waals surface area contributed by atoms with E-state index in [0.29, 0.717) is 29.4 Å². The second-order valence-corrected chi connectivity index (χ2v) is 10.9. The van der Waals surface area contributed by atoms with Crippen LogP contribution in [0.2, 0.25) is 0 Å². The number of benzene rings is 2. The first-order valence-corrected chi connectivity index (χ1v) is 13.3. The molecule has 0 bridgehead atoms. The summed E-state index contributed by atoms with van der Waals surface area (Å²) in [7, 11) is 0. The molecule has 2 saturated carbocycles. The Hall–Kier alpha value is -3.28. The molecular formula is C30H33FN4O. The largest absolute Gasteiger partial charge is 0.366 e. The second kappa shape index (κ2) is 8.99. The van der Waals surface area contributed by atoms with E-state index in [9.17, 15) is 9.18 Å². The molecule has 0 spiro atoms. The van der Waals surface area contributed by atoms with Crippen LogP contribution in [0.3, 0.4) is 0 Å². The van der Waals surface area contributed by atoms with Crippen molar-refractivity contribution in [1.29, 1.82) is 0 Å². The number of pyridine rings is 1. The molecule has 6 heteroatoms. The third kappa shape index (κ3) is 3.87. The van der Waals surface area contributed by atoms with Crippen LogP contribution < -0.4 is 5.73 Å². The summed E-state index contributed by atoms with van der Waals surface area (Å²) in [5.74, 6) is 1.82. The minimum Gasteiger partial charge on any atom is -0.366 e. The average Bonchev–Trinajstić information content (AvgIpc) is 3.21. The molecule has 2 aromatic heterocycles. The van der Waals surface area contributed by atoms with Crippen molar-refractivity contribution in [2.75, 3.05) is 0 Å². The maximum atomic E-state index is 14.0. The van der Waals surface area contributed by atoms with Gasteiger partial charge in [0.2, 0.25) is 5.91 Å². The van der Waals surface area contributed by atoms with Crippen LogP contribution in [0.25, 0.3) is 21.9 Å². The van der Waals surface area contributed by atoms with E-state index in [1.807, 2.05) is 18.3 Å². The molecule has 2 N–H and O–H groups in total. The fraction of sp³-hybridized carbons (Fsp3) is 0.433. The van der Waals surface area contributed by atoms with Crippen molar-refractivity contribution >= 4 is 27.8 Å². The fourth-order valence-electron chi connectivity index (χ4n) is 6.57. The van der Waals surface area contributed by atoms with Gasteiger partial charge >= 0.3 is 0 Å². The summed E-state index contributed by atoms with van der Waals surface area (Å²) in [4.78, 5) is 21.4. The van der Waals surface area contributed by atoms with Crippen LogP contribution in [0.1, 0.15) is 97.1 Å². The molecule has 0 saturated heterocycles. The van der Waals surface area contributed by atoms with E-state index in [-0.39, 0.29) is 5.82 Å². The number of primary amides is 1. The number of carbonyl (C=O) groups excluding carboxylic acids is 1. The van der Waals surface area contributed by atoms with Gasteiger partial charge in [-0.05, 0) is 111 Å². The maximum absolute atomic E-state index is 14.0. The molecule has 36 heavy (non-hydrogen) atoms. The van der Waals surface area contributed by atoms with E-state index in [2.05, 4.69) is 29.5 Å². The number of nitrogens with two attached hydrogens (primary N) is 1. The maximum Gasteiger partial charge on any atom is 0.248 e. The number of fused-ring (bicyclic) bond motifs is 2. The standard InChI is InChI=1S/C30H33FN4O/c1-17-14-21(29(32)36)15-27-28(17)35(23-4-3-5-23)30(34-27)18(2)19-6-8-20(9-7-19)24-12-13-33-26-11-10-22(31)16-25(24)26/h10-16,18-20,23H,3-9H2,1-2H3,(H2,32,36)/t18-,19?,20?/m1/s1. The van der Waals surface area contributed by atoms with Gasteiger partial charge in [-0.25, -0.2) is 9.37 Å². The molecule has 2 fully saturated rings. The van der Waals surface area contributed by atoms with Gasteiger partial charge in [0.1, 0.15) is 11.6 Å². The zero-order valence-corrected chi connectivity index (χ0v) is 21.0. The summed E-state index contributed by atoms with van der Waals surface area (Å²) in [6, 6.07) is 11.2. The summed E-state index contributed by atoms with van der Waals surface area (Å²) < 4.78 is 16.5. The molecule has 2 aromatic carbocycles. The van der Waals surface area contributed by atoms with Crippen molar-refractivity contribution in [3.05, 3.63) is 70.9 Å². The molecule has 2 heterocycles. The molecule has 2 aliphatic carbocycles. The number of amides is 1. The summed E-state index contributed by atoms with van der Waals surface area (Å²) in [5, 5.41) is 0.946. The Morgan fingerprint density at radius 2 is 1.83 bits per heavy atom. The minimum atomic E-state index is -0.408. The molecule has 5 nitrogen and oxygen atoms in total. The van der Waals surface area contributed by atoms with Gasteiger partial charge in [0.25, 0.3) is 0 Å². The first-order valence-electron chi connectivity index (χ1n) is 13.3. The van der Waals surface area contributed by atoms with Gasteiger partial charge in [0.05, 0.1) is 16.6 Å². The van der Waals surface area contributed by atoms with Gasteiger partial charge < -0.3 is 10.3 Å². The lowest BCUT2D eigenvalue weighted by Gasteiger charge is -2.35. The van der Waals surface area contributed by atoms with Gasteiger partial charge in [0, 0.05) is 29.1 Å². The van der Waals surface area contributed by atoms with Crippen LogP contribution in [-0.2, 0) is 0 Å². The molecule has 4 aromatic rings. The van der Waals surface area contributed by atoms with Crippen molar-refractivity contribution < 1.29 is 9.18 Å². The molecule has 0 unspecified atom stereocenters. The molecule has 1 amide bonds. The highest BCUT2D eigenvalue weighted by atomic mass is 19.1. The summed E-state index contributed by atoms with van der Waals surface area (Å²) >= 11 is 0. The second-order valence-electron chi connectivity index (χ2n) is 10.9. The Kier molecular flexibility index (Phi) is 5.78. The topological polar surface area (TPSA) is 73.8 Å². The quantitative estimate of drug-likeness (QED) is 0.334. The van der Waals surface area contributed by atoms with Crippen molar-refractivity contribution in [2.45, 2.75) is 76.7 Å². The third-order valence-electron chi connectivity index (χ3n) is 8.79. The molecular weight excluding hydrogens is 451 g/mol. The fourth-order valence-corrected chi connectivity index (χ4v) is 6.57. The number of hydrogen-bond acceptors (Lipinski definition) is 3. The lowest BCUT2D eigenvalue weighted by atomic mass is 9.73. The highest BCUT2D eigenvalue weighted by Crippen LogP contribution is 2.45. The number of aromatic nitrogens is 3. The third-order valence-corrected chi connectivity index (χ3v) is 8.79. The SMILES string of the molecule is Cc1cc(C(N)=O)cc2nc([C@H](C)C3CCC(c4ccnc5ccc(F)cc45)CC3)n(C3CCC3)c12. The first-order chi connectivity index (χ1) is 17.4. The van der Waals surface area contributed by atoms with E-state index in [4.69, 9.17) is 10.7 Å². The normalized spacial score (nSPS) is 21.5. The number of nitrogens with zero attached hydrogens (tertiary/aromatic N) is 3. The van der Waals surface area contributed by atoms with Gasteiger partial charge in [-0.2, -0.15) is 0 Å². The van der Waals surface area contributed by atoms with E-state index in [1.165, 1.54) is 30.9 Å². The van der Waals surface area contributed by atoms with Gasteiger partial charge in [-0.1, -0.05) is 6.92 Å². The number of hydrogen-bond donors (Lipinski definition) is 1. The Balaban J connectivity index is 1.29. The van der Waals surface area contributed by atoms with Crippen LogP contribution in [0.4, 0.5) is 4.39 Å². The van der Waals surface area contributed by atoms with Crippen molar-refractivity contribution in [3.63, 3.8) is 0 Å². The van der Waals surface area contributed by atoms with Crippen molar-refractivity contribution in [2.24, 2.45) is 11.7 Å². The molecule has 1 atom stereocenters. The number of halogens is 1. The van der Waals surface area contributed by atoms with Gasteiger partial charge in [0.15, 0.2) is 0 Å². The smallest absolute Gasteiger partial charge is 0.248 e. The van der Waals surface area contributed by atoms with E-state index in [0.717, 1.165) is 59.0 Å². The van der Waals surface area contributed by atoms with Gasteiger partial charge in [-0.3, -0.25) is 9.78 Å². The molecule has 0 radical (unpaired) electrons. The van der Waals surface area contributed by atoms with Crippen LogP contribution in [0.15, 0.2) is 42.6 Å². The number of rotatable bonds is 5. The summed E-state index contributed by atoms with van der Waals surface area (Å²) in [5.41, 5.74) is 11.3. The van der Waals surface area contributed by atoms with Crippen molar-refractivity contribution in [1.82, 2.24) is 14.5 Å². The van der Waals surface area contributed by atoms with Crippen LogP contribution >= 0.6 is 0 Å². The Morgan fingerprint density at radius 1 is 1.06 bits per heavy atom. The van der Waals surface area contributed by atoms with E-state index >= 15 is 0 Å². The number of imidazole rings is 1. The molecule has 0 aliphatic heterocycles. The number of aryl methyl sites for hydroxylation is 1. The Morgan fingerprint density at radius 3 is 2.53 bits per heavy atom. The average molecular weight is 485 g/mol. The summed E-state index contributed by atoms with van der Waals surface area (Å²) in [6.07, 6.45) is 9.87. The lowest BCUT2D eigenvalue weighted by Crippen LogP contribution is -2.25. The van der Waals surface area contributed by atoms with E-state index < -0.39 is 5.91 Å². The van der Waals surface area contributed by atoms with Crippen LogP contribution in [0, 0.1) is 18.7 Å². The molecule has 6 rings (SSSR count). The number of carbonyl (C=O) groups is 1. The Bertz CT molecular complexity index is 1460. The zero-order chi connectivity index (χ0) is 25.0. The van der Waals surface area contributed by atoms with Gasteiger partial charge in [-0.15, -0.1) is 0 Å². The predicted octanol–water partition coefficient (Wildman–Crippen LogP) is 6.93. The molecule has 186 valence electrons. The zero-order valence-electron chi connectivity index (χ0n) is 21.0. The Labute approximate surface area is 210 Å². The van der Waals surface area contributed by atoms with Crippen LogP contribution in [0.5, 0.6) is 0 Å². The van der Waals surface area contributed by atoms with E-state index in [1.54, 1.807) is 12.1 Å². The minimum absolute atomic E-state index is 0.205. The summed E-state index contributed by atoms with van der Waals surface area (Å²) in [6.45, 7) is 4.38. The first kappa shape index (κ1) is 23.1. The predicted molar refractivity (Wildman–Crippen MR) is 141 cm³/mol. The highest BCUT2D eigenvalue weighted by molar-refractivity contribution is 5.97.